The van der Waals surface area contributed by atoms with E-state index in [0.29, 0.717) is 0 Å². The van der Waals surface area contributed by atoms with E-state index in [9.17, 15) is 4.39 Å². The molecule has 1 aliphatic heterocycles. The fourth-order valence-corrected chi connectivity index (χ4v) is 2.54. The molecule has 2 aromatic rings. The van der Waals surface area contributed by atoms with Gasteiger partial charge in [0, 0.05) is 12.2 Å². The van der Waals surface area contributed by atoms with Crippen LogP contribution in [0.5, 0.6) is 0 Å². The maximum Gasteiger partial charge on any atom is 0.148 e. The van der Waals surface area contributed by atoms with Crippen LogP contribution in [0.4, 0.5) is 21.5 Å². The first-order chi connectivity index (χ1) is 8.77. The average molecular weight is 242 g/mol. The van der Waals surface area contributed by atoms with E-state index in [1.54, 1.807) is 6.07 Å². The lowest BCUT2D eigenvalue weighted by atomic mass is 10.0. The van der Waals surface area contributed by atoms with Crippen molar-refractivity contribution in [3.8, 4) is 0 Å². The van der Waals surface area contributed by atoms with E-state index in [2.05, 4.69) is 17.0 Å². The molecule has 3 rings (SSSR count). The van der Waals surface area contributed by atoms with E-state index in [1.165, 1.54) is 11.6 Å². The van der Waals surface area contributed by atoms with E-state index >= 15 is 0 Å². The second-order valence-electron chi connectivity index (χ2n) is 4.56. The van der Waals surface area contributed by atoms with Crippen LogP contribution in [-0.4, -0.2) is 6.54 Å². The minimum Gasteiger partial charge on any atom is -0.395 e. The standard InChI is InChI=1S/C15H15FN2/c16-12-7-3-9-14(15(12)17)18-10-4-6-11-5-1-2-8-13(11)18/h1-3,5,7-9H,4,6,10,17H2. The van der Waals surface area contributed by atoms with Crippen LogP contribution in [0, 0.1) is 5.82 Å². The molecule has 18 heavy (non-hydrogen) atoms. The van der Waals surface area contributed by atoms with Gasteiger partial charge in [-0.05, 0) is 36.6 Å². The molecular weight excluding hydrogens is 227 g/mol. The van der Waals surface area contributed by atoms with Crippen molar-refractivity contribution in [2.24, 2.45) is 0 Å². The molecule has 2 aromatic carbocycles. The van der Waals surface area contributed by atoms with Crippen molar-refractivity contribution in [2.75, 3.05) is 17.2 Å². The Hall–Kier alpha value is -2.03. The number of halogens is 1. The summed E-state index contributed by atoms with van der Waals surface area (Å²) in [5, 5.41) is 0. The summed E-state index contributed by atoms with van der Waals surface area (Å²) >= 11 is 0. The van der Waals surface area contributed by atoms with Crippen LogP contribution in [0.3, 0.4) is 0 Å². The molecule has 2 N–H and O–H groups in total. The summed E-state index contributed by atoms with van der Waals surface area (Å²) in [6.07, 6.45) is 2.13. The highest BCUT2D eigenvalue weighted by atomic mass is 19.1. The molecule has 1 heterocycles. The summed E-state index contributed by atoms with van der Waals surface area (Å²) in [7, 11) is 0. The largest absolute Gasteiger partial charge is 0.395 e. The maximum atomic E-state index is 13.6. The van der Waals surface area contributed by atoms with Crippen molar-refractivity contribution in [2.45, 2.75) is 12.8 Å². The quantitative estimate of drug-likeness (QED) is 0.775. The molecule has 0 saturated carbocycles. The van der Waals surface area contributed by atoms with E-state index in [1.807, 2.05) is 18.2 Å². The van der Waals surface area contributed by atoms with Gasteiger partial charge < -0.3 is 10.6 Å². The van der Waals surface area contributed by atoms with Gasteiger partial charge in [-0.3, -0.25) is 0 Å². The zero-order chi connectivity index (χ0) is 12.5. The zero-order valence-electron chi connectivity index (χ0n) is 10.1. The fraction of sp³-hybridized carbons (Fsp3) is 0.200. The number of fused-ring (bicyclic) bond motifs is 1. The van der Waals surface area contributed by atoms with Gasteiger partial charge in [0.15, 0.2) is 0 Å². The van der Waals surface area contributed by atoms with Gasteiger partial charge in [-0.15, -0.1) is 0 Å². The monoisotopic (exact) mass is 242 g/mol. The van der Waals surface area contributed by atoms with Crippen LogP contribution in [0.25, 0.3) is 0 Å². The van der Waals surface area contributed by atoms with Gasteiger partial charge in [0.05, 0.1) is 11.4 Å². The Balaban J connectivity index is 2.11. The summed E-state index contributed by atoms with van der Waals surface area (Å²) in [6.45, 7) is 0.880. The van der Waals surface area contributed by atoms with Gasteiger partial charge >= 0.3 is 0 Å². The Kier molecular flexibility index (Phi) is 2.67. The smallest absolute Gasteiger partial charge is 0.148 e. The molecule has 0 unspecified atom stereocenters. The van der Waals surface area contributed by atoms with Gasteiger partial charge in [0.1, 0.15) is 5.82 Å². The lowest BCUT2D eigenvalue weighted by Crippen LogP contribution is -2.25. The molecule has 0 atom stereocenters. The highest BCUT2D eigenvalue weighted by molar-refractivity contribution is 5.77. The van der Waals surface area contributed by atoms with Crippen molar-refractivity contribution in [3.63, 3.8) is 0 Å². The van der Waals surface area contributed by atoms with Crippen molar-refractivity contribution < 1.29 is 4.39 Å². The van der Waals surface area contributed by atoms with E-state index in [4.69, 9.17) is 5.73 Å². The van der Waals surface area contributed by atoms with E-state index < -0.39 is 0 Å². The lowest BCUT2D eigenvalue weighted by molar-refractivity contribution is 0.631. The summed E-state index contributed by atoms with van der Waals surface area (Å²) in [5.41, 5.74) is 9.29. The summed E-state index contributed by atoms with van der Waals surface area (Å²) in [4.78, 5) is 2.11. The average Bonchev–Trinajstić information content (AvgIpc) is 2.41. The minimum absolute atomic E-state index is 0.231. The van der Waals surface area contributed by atoms with Crippen LogP contribution < -0.4 is 10.6 Å². The topological polar surface area (TPSA) is 29.3 Å². The van der Waals surface area contributed by atoms with Gasteiger partial charge in [-0.25, -0.2) is 4.39 Å². The molecule has 0 saturated heterocycles. The van der Waals surface area contributed by atoms with Crippen LogP contribution in [0.1, 0.15) is 12.0 Å². The van der Waals surface area contributed by atoms with Crippen molar-refractivity contribution in [3.05, 3.63) is 53.8 Å². The van der Waals surface area contributed by atoms with Gasteiger partial charge in [-0.1, -0.05) is 24.3 Å². The summed E-state index contributed by atoms with van der Waals surface area (Å²) in [6, 6.07) is 13.2. The summed E-state index contributed by atoms with van der Waals surface area (Å²) < 4.78 is 13.6. The van der Waals surface area contributed by atoms with Crippen molar-refractivity contribution in [1.82, 2.24) is 0 Å². The van der Waals surface area contributed by atoms with E-state index in [0.717, 1.165) is 30.8 Å². The molecule has 2 nitrogen and oxygen atoms in total. The maximum absolute atomic E-state index is 13.6. The molecule has 0 bridgehead atoms. The van der Waals surface area contributed by atoms with Crippen LogP contribution in [-0.2, 0) is 6.42 Å². The Labute approximate surface area is 106 Å². The number of rotatable bonds is 1. The van der Waals surface area contributed by atoms with Crippen LogP contribution in [0.2, 0.25) is 0 Å². The van der Waals surface area contributed by atoms with Gasteiger partial charge in [-0.2, -0.15) is 0 Å². The molecule has 0 fully saturated rings. The first-order valence-electron chi connectivity index (χ1n) is 6.17. The van der Waals surface area contributed by atoms with Gasteiger partial charge in [0.25, 0.3) is 0 Å². The van der Waals surface area contributed by atoms with Crippen LogP contribution in [0.15, 0.2) is 42.5 Å². The number of hydrogen-bond acceptors (Lipinski definition) is 2. The molecule has 0 amide bonds. The molecule has 92 valence electrons. The minimum atomic E-state index is -0.351. The zero-order valence-corrected chi connectivity index (χ0v) is 10.1. The first kappa shape index (κ1) is 11.1. The molecule has 0 aliphatic carbocycles. The van der Waals surface area contributed by atoms with Gasteiger partial charge in [0.2, 0.25) is 0 Å². The molecule has 0 spiro atoms. The lowest BCUT2D eigenvalue weighted by Gasteiger charge is -2.32. The van der Waals surface area contributed by atoms with Crippen molar-refractivity contribution >= 4 is 17.1 Å². The Morgan fingerprint density at radius 1 is 1.00 bits per heavy atom. The number of para-hydroxylation sites is 2. The molecule has 3 heteroatoms. The molecule has 1 aliphatic rings. The predicted octanol–water partition coefficient (Wildman–Crippen LogP) is 3.49. The number of nitrogens with two attached hydrogens (primary N) is 1. The number of anilines is 3. The Morgan fingerprint density at radius 3 is 2.67 bits per heavy atom. The SMILES string of the molecule is Nc1c(F)cccc1N1CCCc2ccccc21. The molecule has 0 aromatic heterocycles. The second-order valence-corrected chi connectivity index (χ2v) is 4.56. The van der Waals surface area contributed by atoms with Crippen LogP contribution >= 0.6 is 0 Å². The normalized spacial score (nSPS) is 14.4. The summed E-state index contributed by atoms with van der Waals surface area (Å²) in [5.74, 6) is -0.351. The molecular formula is C15H15FN2. The fourth-order valence-electron chi connectivity index (χ4n) is 2.54. The third kappa shape index (κ3) is 1.72. The third-order valence-corrected chi connectivity index (χ3v) is 3.43. The predicted molar refractivity (Wildman–Crippen MR) is 72.6 cm³/mol. The second kappa shape index (κ2) is 4.33. The highest BCUT2D eigenvalue weighted by Crippen LogP contribution is 2.36. The number of hydrogen-bond donors (Lipinski definition) is 1. The third-order valence-electron chi connectivity index (χ3n) is 3.43. The number of benzene rings is 2. The number of nitrogen functional groups attached to an aromatic ring is 1. The highest BCUT2D eigenvalue weighted by Gasteiger charge is 2.20. The first-order valence-corrected chi connectivity index (χ1v) is 6.17. The number of nitrogens with zero attached hydrogens (tertiary/aromatic N) is 1. The number of aryl methyl sites for hydroxylation is 1. The van der Waals surface area contributed by atoms with E-state index in [-0.39, 0.29) is 11.5 Å². The molecule has 0 radical (unpaired) electrons. The van der Waals surface area contributed by atoms with Crippen molar-refractivity contribution in [1.29, 1.82) is 0 Å². The Bertz CT molecular complexity index is 580. The Morgan fingerprint density at radius 2 is 1.78 bits per heavy atom.